The number of piperidine rings is 2. The number of nitrogens with one attached hydrogen (secondary N) is 1. The molecule has 0 bridgehead atoms. The van der Waals surface area contributed by atoms with Crippen molar-refractivity contribution in [2.75, 3.05) is 57.4 Å². The molecule has 4 saturated heterocycles. The van der Waals surface area contributed by atoms with E-state index in [1.807, 2.05) is 24.3 Å². The van der Waals surface area contributed by atoms with Crippen molar-refractivity contribution in [3.05, 3.63) is 75.7 Å². The summed E-state index contributed by atoms with van der Waals surface area (Å²) in [6.07, 6.45) is 9.70. The first-order valence-corrected chi connectivity index (χ1v) is 22.5. The molecule has 8 heterocycles. The Morgan fingerprint density at radius 2 is 1.81 bits per heavy atom. The normalized spacial score (nSPS) is 23.2. The van der Waals surface area contributed by atoms with Gasteiger partial charge in [-0.25, -0.2) is 23.1 Å². The zero-order valence-corrected chi connectivity index (χ0v) is 35.6. The molecule has 334 valence electrons. The minimum absolute atomic E-state index is 0.00549. The number of carbonyl (C=O) groups excluding carboxylic acids is 3. The van der Waals surface area contributed by atoms with Gasteiger partial charge in [0, 0.05) is 77.2 Å². The van der Waals surface area contributed by atoms with E-state index in [0.717, 1.165) is 114 Å². The number of imidazole rings is 1. The summed E-state index contributed by atoms with van der Waals surface area (Å²) >= 11 is 0. The zero-order chi connectivity index (χ0) is 43.4. The molecule has 1 unspecified atom stereocenters. The van der Waals surface area contributed by atoms with Crippen LogP contribution < -0.4 is 15.9 Å². The van der Waals surface area contributed by atoms with Gasteiger partial charge in [-0.05, 0) is 81.4 Å². The number of hydrogen-bond acceptors (Lipinski definition) is 11. The molecule has 0 radical (unpaired) electrons. The van der Waals surface area contributed by atoms with E-state index in [1.54, 1.807) is 33.2 Å². The third-order valence-electron chi connectivity index (χ3n) is 14.1. The predicted molar refractivity (Wildman–Crippen MR) is 227 cm³/mol. The molecule has 63 heavy (non-hydrogen) atoms. The summed E-state index contributed by atoms with van der Waals surface area (Å²) in [5, 5.41) is 11.0. The summed E-state index contributed by atoms with van der Waals surface area (Å²) < 4.78 is 46.7. The number of Topliss-reactive ketones (excluding diaryl/α,β-unsaturated/α-hetero) is 1. The highest BCUT2D eigenvalue weighted by Gasteiger charge is 2.49. The molecular formula is C45H54F2N10O6. The first kappa shape index (κ1) is 41.7. The number of aromatic nitrogens is 7. The Labute approximate surface area is 362 Å². The minimum Gasteiger partial charge on any atom is -0.380 e. The van der Waals surface area contributed by atoms with Crippen molar-refractivity contribution in [2.45, 2.75) is 95.2 Å². The fourth-order valence-electron chi connectivity index (χ4n) is 10.6. The molecule has 10 rings (SSSR count). The van der Waals surface area contributed by atoms with Gasteiger partial charge in [-0.15, -0.1) is 0 Å². The van der Waals surface area contributed by atoms with Crippen LogP contribution in [0.3, 0.4) is 0 Å². The zero-order valence-electron chi connectivity index (χ0n) is 35.6. The maximum absolute atomic E-state index is 14.3. The number of para-hydroxylation sites is 1. The number of ketones is 1. The molecule has 5 aromatic rings. The van der Waals surface area contributed by atoms with Gasteiger partial charge in [0.05, 0.1) is 53.6 Å². The number of ether oxygens (including phenoxy) is 2. The maximum Gasteiger partial charge on any atom is 0.329 e. The lowest BCUT2D eigenvalue weighted by molar-refractivity contribution is -0.135. The number of benzene rings is 1. The van der Waals surface area contributed by atoms with Crippen molar-refractivity contribution in [1.29, 1.82) is 0 Å². The second kappa shape index (κ2) is 17.0. The third kappa shape index (κ3) is 8.09. The van der Waals surface area contributed by atoms with E-state index < -0.39 is 18.4 Å². The second-order valence-corrected chi connectivity index (χ2v) is 18.5. The highest BCUT2D eigenvalue weighted by Crippen LogP contribution is 2.40. The Bertz CT molecular complexity index is 2590. The van der Waals surface area contributed by atoms with Crippen LogP contribution in [0.25, 0.3) is 16.7 Å². The molecule has 5 aliphatic rings. The Balaban J connectivity index is 0.678. The van der Waals surface area contributed by atoms with Crippen LogP contribution in [-0.4, -0.2) is 115 Å². The van der Waals surface area contributed by atoms with Crippen LogP contribution in [0.2, 0.25) is 0 Å². The molecular weight excluding hydrogens is 815 g/mol. The quantitative estimate of drug-likeness (QED) is 0.0944. The Morgan fingerprint density at radius 3 is 2.54 bits per heavy atom. The molecule has 1 aromatic carbocycles. The summed E-state index contributed by atoms with van der Waals surface area (Å²) in [5.41, 5.74) is 3.12. The largest absolute Gasteiger partial charge is 0.380 e. The van der Waals surface area contributed by atoms with Crippen LogP contribution in [0, 0.1) is 11.3 Å². The van der Waals surface area contributed by atoms with Crippen molar-refractivity contribution in [1.82, 2.24) is 43.7 Å². The number of likely N-dealkylation sites (tertiary alicyclic amines) is 1. The number of amides is 2. The number of nitrogens with zero attached hydrogens (tertiary/aromatic N) is 9. The Hall–Kier alpha value is -5.33. The van der Waals surface area contributed by atoms with E-state index in [2.05, 4.69) is 25.3 Å². The van der Waals surface area contributed by atoms with E-state index in [-0.39, 0.29) is 59.0 Å². The second-order valence-electron chi connectivity index (χ2n) is 18.5. The number of carbonyl (C=O) groups is 3. The van der Waals surface area contributed by atoms with Gasteiger partial charge in [0.25, 0.3) is 6.43 Å². The predicted octanol–water partition coefficient (Wildman–Crippen LogP) is 4.60. The fraction of sp³-hybridized carbons (Fsp3) is 0.578. The molecule has 2 amide bonds. The van der Waals surface area contributed by atoms with E-state index in [4.69, 9.17) is 14.5 Å². The van der Waals surface area contributed by atoms with Crippen LogP contribution in [0.4, 0.5) is 14.6 Å². The van der Waals surface area contributed by atoms with Crippen LogP contribution in [0.15, 0.2) is 47.7 Å². The molecule has 1 atom stereocenters. The molecule has 1 aliphatic carbocycles. The van der Waals surface area contributed by atoms with Crippen LogP contribution in [-0.2, 0) is 39.0 Å². The van der Waals surface area contributed by atoms with E-state index in [9.17, 15) is 28.0 Å². The number of aryl methyl sites for hydroxylation is 2. The van der Waals surface area contributed by atoms with Crippen LogP contribution >= 0.6 is 0 Å². The molecule has 4 aliphatic heterocycles. The topological polar surface area (TPSA) is 163 Å². The molecule has 1 saturated carbocycles. The van der Waals surface area contributed by atoms with Crippen molar-refractivity contribution < 1.29 is 32.6 Å². The van der Waals surface area contributed by atoms with Gasteiger partial charge in [0.15, 0.2) is 11.4 Å². The number of anilines is 1. The molecule has 16 nitrogen and oxygen atoms in total. The maximum atomic E-state index is 14.3. The van der Waals surface area contributed by atoms with Gasteiger partial charge in [-0.3, -0.25) is 33.5 Å². The Kier molecular flexibility index (Phi) is 11.2. The van der Waals surface area contributed by atoms with E-state index >= 15 is 0 Å². The average Bonchev–Trinajstić information content (AvgIpc) is 3.94. The minimum atomic E-state index is -2.79. The lowest BCUT2D eigenvalue weighted by Gasteiger charge is -2.55. The summed E-state index contributed by atoms with van der Waals surface area (Å²) in [5.74, 6) is 0.216. The van der Waals surface area contributed by atoms with Gasteiger partial charge < -0.3 is 19.3 Å². The number of fused-ring (bicyclic) bond motifs is 2. The van der Waals surface area contributed by atoms with Crippen molar-refractivity contribution in [2.24, 2.45) is 18.4 Å². The summed E-state index contributed by atoms with van der Waals surface area (Å²) in [7, 11) is 1.73. The number of hydrogen-bond donors (Lipinski definition) is 1. The monoisotopic (exact) mass is 868 g/mol. The summed E-state index contributed by atoms with van der Waals surface area (Å²) in [4.78, 5) is 60.7. The Morgan fingerprint density at radius 1 is 1.02 bits per heavy atom. The molecule has 1 N–H and O–H groups in total. The summed E-state index contributed by atoms with van der Waals surface area (Å²) in [6, 6.07) is 6.96. The van der Waals surface area contributed by atoms with Crippen molar-refractivity contribution in [3.63, 3.8) is 0 Å². The van der Waals surface area contributed by atoms with E-state index in [0.29, 0.717) is 35.7 Å². The third-order valence-corrected chi connectivity index (χ3v) is 14.1. The average molecular weight is 869 g/mol. The smallest absolute Gasteiger partial charge is 0.329 e. The van der Waals surface area contributed by atoms with Crippen molar-refractivity contribution in [3.8, 4) is 0 Å². The highest BCUT2D eigenvalue weighted by atomic mass is 19.3. The molecule has 5 fully saturated rings. The van der Waals surface area contributed by atoms with Gasteiger partial charge in [-0.2, -0.15) is 10.2 Å². The van der Waals surface area contributed by atoms with Crippen molar-refractivity contribution >= 4 is 40.1 Å². The fourth-order valence-corrected chi connectivity index (χ4v) is 10.6. The van der Waals surface area contributed by atoms with Gasteiger partial charge in [0.1, 0.15) is 17.6 Å². The lowest BCUT2D eigenvalue weighted by atomic mass is 9.78. The van der Waals surface area contributed by atoms with Crippen LogP contribution in [0.1, 0.15) is 103 Å². The number of imide groups is 1. The number of rotatable bonds is 14. The standard InChI is InChI=1S/C45H54F2N10O6/c1-52-40-29(4-2-6-34(40)57(44(52)61)35-11-12-38(59)50-43(35)60)5-3-19-63-32-13-16-53(17-14-32)22-28-7-9-31(10-8-28)56-23-30(39(51-56)41(46)47)20-36(58)33-21-48-55-18-15-37(49-42(33)55)54-24-45(25-54)26-62-27-45/h2,4,6,15,18,21,23,28,31-32,35,41H,3,5,7-14,16-17,19-20,22,24-27H2,1H3,(H,50,59,60). The molecule has 4 aromatic heterocycles. The van der Waals surface area contributed by atoms with Gasteiger partial charge >= 0.3 is 5.69 Å². The lowest BCUT2D eigenvalue weighted by Crippen LogP contribution is -2.66. The molecule has 18 heteroatoms. The summed E-state index contributed by atoms with van der Waals surface area (Å²) in [6.45, 7) is 6.76. The first-order chi connectivity index (χ1) is 30.5. The first-order valence-electron chi connectivity index (χ1n) is 22.5. The van der Waals surface area contributed by atoms with Gasteiger partial charge in [0.2, 0.25) is 11.8 Å². The number of halogens is 2. The SMILES string of the molecule is Cn1c(=O)n(C2CCC(=O)NC2=O)c2cccc(CCCOC3CCN(CC4CCC(n5cc(CC(=O)c6cnn7ccc(N8CC9(COC9)C8)nc67)c(C(F)F)n5)CC4)CC3)c21. The van der Waals surface area contributed by atoms with E-state index in [1.165, 1.54) is 10.8 Å². The molecule has 1 spiro atoms. The highest BCUT2D eigenvalue weighted by molar-refractivity contribution is 6.02. The van der Waals surface area contributed by atoms with Crippen LogP contribution in [0.5, 0.6) is 0 Å². The number of alkyl halides is 2. The van der Waals surface area contributed by atoms with Gasteiger partial charge in [-0.1, -0.05) is 12.1 Å².